The Bertz CT molecular complexity index is 813. The number of hydrogen-bond donors (Lipinski definition) is 2. The third kappa shape index (κ3) is 40.9. The monoisotopic (exact) mass is 734 g/mol. The van der Waals surface area contributed by atoms with Gasteiger partial charge < -0.3 is 15.2 Å². The molecule has 306 valence electrons. The molecule has 1 atom stereocenters. The lowest BCUT2D eigenvalue weighted by Gasteiger charge is -2.18. The number of carbonyl (C=O) groups excluding carboxylic acids is 2. The zero-order valence-corrected chi connectivity index (χ0v) is 34.7. The molecule has 0 aliphatic rings. The molecule has 0 aromatic rings. The highest BCUT2D eigenvalue weighted by Crippen LogP contribution is 2.19. The number of aliphatic carboxylic acids is 1. The molecule has 0 aromatic carbocycles. The Morgan fingerprint density at radius 2 is 0.827 bits per heavy atom. The Hall–Kier alpha value is -1.85. The number of rotatable bonds is 42. The molecule has 52 heavy (non-hydrogen) atoms. The van der Waals surface area contributed by atoms with Crippen molar-refractivity contribution in [2.24, 2.45) is 0 Å². The van der Waals surface area contributed by atoms with Gasteiger partial charge in [0.1, 0.15) is 12.6 Å². The van der Waals surface area contributed by atoms with Crippen LogP contribution in [0.5, 0.6) is 0 Å². The first-order valence-corrected chi connectivity index (χ1v) is 22.8. The van der Waals surface area contributed by atoms with Crippen molar-refractivity contribution >= 4 is 17.8 Å². The first-order chi connectivity index (χ1) is 25.5. The fourth-order valence-electron chi connectivity index (χ4n) is 7.04. The van der Waals surface area contributed by atoms with Crippen molar-refractivity contribution in [2.45, 2.75) is 258 Å². The fraction of sp³-hybridized carbons (Fsp3) is 0.891. The average molecular weight is 734 g/mol. The van der Waals surface area contributed by atoms with E-state index in [9.17, 15) is 14.4 Å². The molecular weight excluding hydrogens is 647 g/mol. The van der Waals surface area contributed by atoms with E-state index < -0.39 is 5.97 Å². The molecular formula is C46H87NO5. The molecule has 0 aliphatic heterocycles. The van der Waals surface area contributed by atoms with Crippen LogP contribution < -0.4 is 5.32 Å². The second kappa shape index (κ2) is 41.9. The summed E-state index contributed by atoms with van der Waals surface area (Å²) in [5, 5.41) is 11.1. The highest BCUT2D eigenvalue weighted by atomic mass is 16.5. The summed E-state index contributed by atoms with van der Waals surface area (Å²) >= 11 is 0. The van der Waals surface area contributed by atoms with Gasteiger partial charge in [-0.15, -0.1) is 0 Å². The molecule has 0 aromatic heterocycles. The second-order valence-electron chi connectivity index (χ2n) is 15.7. The van der Waals surface area contributed by atoms with Crippen LogP contribution in [-0.2, 0) is 19.1 Å². The van der Waals surface area contributed by atoms with E-state index in [0.29, 0.717) is 12.8 Å². The zero-order chi connectivity index (χ0) is 38.0. The van der Waals surface area contributed by atoms with E-state index in [1.54, 1.807) is 0 Å². The molecule has 0 spiro atoms. The fourth-order valence-corrected chi connectivity index (χ4v) is 7.04. The highest BCUT2D eigenvalue weighted by molar-refractivity contribution is 5.80. The summed E-state index contributed by atoms with van der Waals surface area (Å²) in [6.45, 7) is 4.24. The Balaban J connectivity index is 4.12. The number of hydrogen-bond acceptors (Lipinski definition) is 4. The molecule has 0 bridgehead atoms. The maximum Gasteiger partial charge on any atom is 0.322 e. The predicted octanol–water partition coefficient (Wildman–Crippen LogP) is 14.1. The van der Waals surface area contributed by atoms with E-state index in [1.165, 1.54) is 161 Å². The van der Waals surface area contributed by atoms with Gasteiger partial charge in [0.15, 0.2) is 0 Å². The Morgan fingerprint density at radius 1 is 0.481 bits per heavy atom. The molecule has 0 saturated carbocycles. The standard InChI is InChI=1S/C46H87NO5/c1-3-5-7-9-11-13-15-17-18-19-20-22-24-26-28-33-37-41-46(51)52-43(39-35-31-29-32-36-40-44(48)47-42-45(49)50)38-34-30-27-25-23-21-16-14-12-10-8-6-4-2/h17-18,43H,3-16,19-42H2,1-2H3,(H,47,48)(H,49,50)/b18-17-. The van der Waals surface area contributed by atoms with E-state index in [-0.39, 0.29) is 24.5 Å². The number of amides is 1. The maximum atomic E-state index is 12.8. The molecule has 0 rings (SSSR count). The van der Waals surface area contributed by atoms with Gasteiger partial charge in [-0.25, -0.2) is 0 Å². The van der Waals surface area contributed by atoms with Crippen molar-refractivity contribution in [1.29, 1.82) is 0 Å². The largest absolute Gasteiger partial charge is 0.480 e. The summed E-state index contributed by atoms with van der Waals surface area (Å²) in [6, 6.07) is 0. The summed E-state index contributed by atoms with van der Waals surface area (Å²) < 4.78 is 6.05. The van der Waals surface area contributed by atoms with E-state index in [1.807, 2.05) is 0 Å². The number of ether oxygens (including phenoxy) is 1. The van der Waals surface area contributed by atoms with E-state index in [0.717, 1.165) is 64.2 Å². The van der Waals surface area contributed by atoms with Gasteiger partial charge in [-0.05, 0) is 64.2 Å². The highest BCUT2D eigenvalue weighted by Gasteiger charge is 2.14. The molecule has 0 saturated heterocycles. The van der Waals surface area contributed by atoms with Crippen LogP contribution in [0, 0.1) is 0 Å². The Morgan fingerprint density at radius 3 is 1.23 bits per heavy atom. The quantitative estimate of drug-likeness (QED) is 0.0370. The zero-order valence-electron chi connectivity index (χ0n) is 34.7. The lowest BCUT2D eigenvalue weighted by molar-refractivity contribution is -0.150. The lowest BCUT2D eigenvalue weighted by atomic mass is 10.0. The molecule has 0 radical (unpaired) electrons. The minimum atomic E-state index is -1.01. The van der Waals surface area contributed by atoms with Gasteiger partial charge in [-0.3, -0.25) is 14.4 Å². The first kappa shape index (κ1) is 50.1. The number of nitrogens with one attached hydrogen (secondary N) is 1. The van der Waals surface area contributed by atoms with Crippen LogP contribution in [0.1, 0.15) is 251 Å². The molecule has 0 heterocycles. The summed E-state index contributed by atoms with van der Waals surface area (Å²) in [4.78, 5) is 35.1. The van der Waals surface area contributed by atoms with Crippen LogP contribution in [0.15, 0.2) is 12.2 Å². The van der Waals surface area contributed by atoms with Crippen LogP contribution in [0.2, 0.25) is 0 Å². The molecule has 6 nitrogen and oxygen atoms in total. The van der Waals surface area contributed by atoms with Crippen molar-refractivity contribution in [3.8, 4) is 0 Å². The third-order valence-electron chi connectivity index (χ3n) is 10.4. The molecule has 0 fully saturated rings. The second-order valence-corrected chi connectivity index (χ2v) is 15.7. The van der Waals surface area contributed by atoms with Crippen LogP contribution in [0.25, 0.3) is 0 Å². The van der Waals surface area contributed by atoms with Crippen LogP contribution in [-0.4, -0.2) is 35.6 Å². The van der Waals surface area contributed by atoms with Gasteiger partial charge >= 0.3 is 11.9 Å². The lowest BCUT2D eigenvalue weighted by Crippen LogP contribution is -2.28. The number of carboxylic acids is 1. The maximum absolute atomic E-state index is 12.8. The summed E-state index contributed by atoms with van der Waals surface area (Å²) in [7, 11) is 0. The summed E-state index contributed by atoms with van der Waals surface area (Å²) in [6.07, 6.45) is 49.1. The first-order valence-electron chi connectivity index (χ1n) is 22.8. The van der Waals surface area contributed by atoms with Crippen LogP contribution in [0.3, 0.4) is 0 Å². The van der Waals surface area contributed by atoms with Crippen molar-refractivity contribution in [3.63, 3.8) is 0 Å². The SMILES string of the molecule is CCCCCCCC/C=C\CCCCCCCCCC(=O)OC(CCCCCCCCCCCCCCC)CCCCCCCC(=O)NCC(=O)O. The molecule has 2 N–H and O–H groups in total. The number of carbonyl (C=O) groups is 3. The molecule has 1 unspecified atom stereocenters. The third-order valence-corrected chi connectivity index (χ3v) is 10.4. The molecule has 1 amide bonds. The van der Waals surface area contributed by atoms with Crippen LogP contribution >= 0.6 is 0 Å². The predicted molar refractivity (Wildman–Crippen MR) is 222 cm³/mol. The Kier molecular flexibility index (Phi) is 40.4. The van der Waals surface area contributed by atoms with Crippen molar-refractivity contribution in [2.75, 3.05) is 6.54 Å². The smallest absolute Gasteiger partial charge is 0.322 e. The van der Waals surface area contributed by atoms with Gasteiger partial charge in [0, 0.05) is 12.8 Å². The van der Waals surface area contributed by atoms with Gasteiger partial charge in [-0.1, -0.05) is 187 Å². The van der Waals surface area contributed by atoms with Crippen LogP contribution in [0.4, 0.5) is 0 Å². The van der Waals surface area contributed by atoms with Crippen molar-refractivity contribution in [3.05, 3.63) is 12.2 Å². The number of allylic oxidation sites excluding steroid dienone is 2. The van der Waals surface area contributed by atoms with E-state index in [2.05, 4.69) is 31.3 Å². The van der Waals surface area contributed by atoms with Gasteiger partial charge in [0.2, 0.25) is 5.91 Å². The van der Waals surface area contributed by atoms with Gasteiger partial charge in [0.05, 0.1) is 0 Å². The topological polar surface area (TPSA) is 92.7 Å². The van der Waals surface area contributed by atoms with Crippen molar-refractivity contribution < 1.29 is 24.2 Å². The summed E-state index contributed by atoms with van der Waals surface area (Å²) in [5.41, 5.74) is 0. The van der Waals surface area contributed by atoms with E-state index >= 15 is 0 Å². The minimum Gasteiger partial charge on any atom is -0.480 e. The average Bonchev–Trinajstić information content (AvgIpc) is 3.13. The van der Waals surface area contributed by atoms with Gasteiger partial charge in [0.25, 0.3) is 0 Å². The van der Waals surface area contributed by atoms with Crippen molar-refractivity contribution in [1.82, 2.24) is 5.32 Å². The Labute approximate surface area is 322 Å². The normalized spacial score (nSPS) is 12.0. The number of esters is 1. The van der Waals surface area contributed by atoms with E-state index in [4.69, 9.17) is 9.84 Å². The number of carboxylic acid groups (broad SMARTS) is 1. The minimum absolute atomic E-state index is 0.0141. The molecule has 6 heteroatoms. The summed E-state index contributed by atoms with van der Waals surface area (Å²) in [5.74, 6) is -1.22. The number of unbranched alkanes of at least 4 members (excludes halogenated alkanes) is 29. The molecule has 0 aliphatic carbocycles. The van der Waals surface area contributed by atoms with Gasteiger partial charge in [-0.2, -0.15) is 0 Å².